The molecule has 0 unspecified atom stereocenters. The van der Waals surface area contributed by atoms with Crippen molar-refractivity contribution in [3.8, 4) is 5.75 Å². The highest BCUT2D eigenvalue weighted by Gasteiger charge is 2.30. The summed E-state index contributed by atoms with van der Waals surface area (Å²) in [5.41, 5.74) is -0.0405. The predicted molar refractivity (Wildman–Crippen MR) is 118 cm³/mol. The van der Waals surface area contributed by atoms with Gasteiger partial charge in [-0.1, -0.05) is 19.1 Å². The van der Waals surface area contributed by atoms with Gasteiger partial charge in [-0.2, -0.15) is 4.39 Å². The molecule has 0 aliphatic heterocycles. The Hall–Kier alpha value is -4.02. The number of para-hydroxylation sites is 1. The lowest BCUT2D eigenvalue weighted by atomic mass is 9.91. The Bertz CT molecular complexity index is 1340. The van der Waals surface area contributed by atoms with E-state index in [4.69, 9.17) is 4.74 Å². The number of ketones is 2. The number of nitrogens with zero attached hydrogens (tertiary/aromatic N) is 2. The summed E-state index contributed by atoms with van der Waals surface area (Å²) in [4.78, 5) is 54.0. The van der Waals surface area contributed by atoms with Crippen LogP contribution in [-0.2, 0) is 14.4 Å². The second-order valence-electron chi connectivity index (χ2n) is 7.79. The molecule has 0 fully saturated rings. The summed E-state index contributed by atoms with van der Waals surface area (Å²) >= 11 is 0. The first-order chi connectivity index (χ1) is 16.6. The van der Waals surface area contributed by atoms with Gasteiger partial charge in [-0.3, -0.25) is 23.7 Å². The van der Waals surface area contributed by atoms with Gasteiger partial charge in [-0.15, -0.1) is 0 Å². The quantitative estimate of drug-likeness (QED) is 0.409. The third-order valence-electron chi connectivity index (χ3n) is 5.47. The largest absolute Gasteiger partial charge is 0.481 e. The summed E-state index contributed by atoms with van der Waals surface area (Å²) in [6.45, 7) is 0.646. The number of fused-ring (bicyclic) bond motifs is 1. The second kappa shape index (κ2) is 10.9. The minimum absolute atomic E-state index is 0.156. The second-order valence-corrected chi connectivity index (χ2v) is 7.79. The molecule has 11 heteroatoms. The van der Waals surface area contributed by atoms with Crippen molar-refractivity contribution in [1.29, 1.82) is 0 Å². The first-order valence-corrected chi connectivity index (χ1v) is 10.6. The number of aromatic nitrogens is 2. The Balaban J connectivity index is 1.81. The van der Waals surface area contributed by atoms with Gasteiger partial charge in [0.15, 0.2) is 29.0 Å². The maximum absolute atomic E-state index is 13.8. The minimum Gasteiger partial charge on any atom is -0.481 e. The van der Waals surface area contributed by atoms with E-state index in [0.29, 0.717) is 17.6 Å². The standard InChI is InChI=1S/C24H21F3N2O6/c1-2-18(29-12-28-17-6-4-3-5-14(17)24(29)34)19(30)9-13(10-21(32)33)20(31)11-35-23-16(26)8-7-15(25)22(23)27/h3-8,12-13,18H,2,9-11H2,1H3,(H,32,33)/t13-,18-/m0/s1. The molecule has 0 saturated carbocycles. The fourth-order valence-corrected chi connectivity index (χ4v) is 3.68. The van der Waals surface area contributed by atoms with E-state index in [-0.39, 0.29) is 11.8 Å². The van der Waals surface area contributed by atoms with E-state index in [2.05, 4.69) is 4.98 Å². The molecule has 0 aliphatic rings. The maximum Gasteiger partial charge on any atom is 0.304 e. The van der Waals surface area contributed by atoms with Gasteiger partial charge in [0.1, 0.15) is 6.61 Å². The molecule has 35 heavy (non-hydrogen) atoms. The van der Waals surface area contributed by atoms with Crippen LogP contribution in [0, 0.1) is 23.4 Å². The van der Waals surface area contributed by atoms with Gasteiger partial charge in [-0.25, -0.2) is 13.8 Å². The van der Waals surface area contributed by atoms with Crippen LogP contribution in [0.4, 0.5) is 13.2 Å². The number of benzene rings is 2. The summed E-state index contributed by atoms with van der Waals surface area (Å²) in [5.74, 6) is -9.74. The first-order valence-electron chi connectivity index (χ1n) is 10.6. The van der Waals surface area contributed by atoms with Crippen LogP contribution in [0.25, 0.3) is 10.9 Å². The van der Waals surface area contributed by atoms with Gasteiger partial charge < -0.3 is 9.84 Å². The van der Waals surface area contributed by atoms with Crippen molar-refractivity contribution in [3.05, 3.63) is 70.5 Å². The zero-order chi connectivity index (χ0) is 25.7. The van der Waals surface area contributed by atoms with Crippen LogP contribution in [0.3, 0.4) is 0 Å². The third kappa shape index (κ3) is 5.73. The third-order valence-corrected chi connectivity index (χ3v) is 5.47. The molecule has 0 saturated heterocycles. The molecule has 8 nitrogen and oxygen atoms in total. The van der Waals surface area contributed by atoms with Crippen molar-refractivity contribution in [2.75, 3.05) is 6.61 Å². The van der Waals surface area contributed by atoms with E-state index >= 15 is 0 Å². The van der Waals surface area contributed by atoms with Crippen molar-refractivity contribution < 1.29 is 37.4 Å². The summed E-state index contributed by atoms with van der Waals surface area (Å²) in [6.07, 6.45) is 0.0378. The SMILES string of the molecule is CC[C@@H](C(=O)C[C@@H](CC(=O)O)C(=O)COc1c(F)ccc(F)c1F)n1cnc2ccccc2c1=O. The number of ether oxygens (including phenoxy) is 1. The number of carbonyl (C=O) groups excluding carboxylic acids is 2. The van der Waals surface area contributed by atoms with Crippen molar-refractivity contribution in [2.45, 2.75) is 32.2 Å². The van der Waals surface area contributed by atoms with Crippen molar-refractivity contribution >= 4 is 28.4 Å². The highest BCUT2D eigenvalue weighted by atomic mass is 19.2. The molecule has 1 aromatic heterocycles. The zero-order valence-electron chi connectivity index (χ0n) is 18.5. The minimum atomic E-state index is -1.64. The summed E-state index contributed by atoms with van der Waals surface area (Å²) in [5, 5.41) is 9.48. The number of hydrogen-bond donors (Lipinski definition) is 1. The Labute approximate surface area is 197 Å². The van der Waals surface area contributed by atoms with Crippen LogP contribution in [0.5, 0.6) is 5.75 Å². The molecule has 2 atom stereocenters. The van der Waals surface area contributed by atoms with Crippen LogP contribution in [0.1, 0.15) is 32.2 Å². The fraction of sp³-hybridized carbons (Fsp3) is 0.292. The number of carboxylic acids is 1. The van der Waals surface area contributed by atoms with E-state index < -0.39 is 77.7 Å². The van der Waals surface area contributed by atoms with E-state index in [1.165, 1.54) is 6.33 Å². The number of halogens is 3. The molecule has 0 amide bonds. The Morgan fingerprint density at radius 2 is 1.71 bits per heavy atom. The molecule has 1 N–H and O–H groups in total. The zero-order valence-corrected chi connectivity index (χ0v) is 18.5. The predicted octanol–water partition coefficient (Wildman–Crippen LogP) is 3.46. The smallest absolute Gasteiger partial charge is 0.304 e. The van der Waals surface area contributed by atoms with Gasteiger partial charge in [0, 0.05) is 12.3 Å². The normalized spacial score (nSPS) is 12.8. The lowest BCUT2D eigenvalue weighted by Crippen LogP contribution is -2.33. The van der Waals surface area contributed by atoms with E-state index in [1.807, 2.05) is 0 Å². The van der Waals surface area contributed by atoms with Gasteiger partial charge in [-0.05, 0) is 30.7 Å². The van der Waals surface area contributed by atoms with Crippen LogP contribution in [-0.4, -0.2) is 38.8 Å². The maximum atomic E-state index is 13.8. The highest BCUT2D eigenvalue weighted by Crippen LogP contribution is 2.25. The number of Topliss-reactive ketones (excluding diaryl/α,β-unsaturated/α-hetero) is 2. The Morgan fingerprint density at radius 3 is 2.40 bits per heavy atom. The lowest BCUT2D eigenvalue weighted by Gasteiger charge is -2.20. The molecule has 0 radical (unpaired) electrons. The average Bonchev–Trinajstić information content (AvgIpc) is 2.82. The van der Waals surface area contributed by atoms with Crippen molar-refractivity contribution in [3.63, 3.8) is 0 Å². The Kier molecular flexibility index (Phi) is 8.00. The van der Waals surface area contributed by atoms with Crippen LogP contribution in [0.2, 0.25) is 0 Å². The molecule has 3 aromatic rings. The molecule has 3 rings (SSSR count). The van der Waals surface area contributed by atoms with Gasteiger partial charge in [0.05, 0.1) is 29.7 Å². The first kappa shape index (κ1) is 25.6. The monoisotopic (exact) mass is 490 g/mol. The molecule has 0 aliphatic carbocycles. The number of carbonyl (C=O) groups is 3. The van der Waals surface area contributed by atoms with E-state index in [0.717, 1.165) is 4.57 Å². The lowest BCUT2D eigenvalue weighted by molar-refractivity contribution is -0.142. The summed E-state index contributed by atoms with van der Waals surface area (Å²) in [7, 11) is 0. The summed E-state index contributed by atoms with van der Waals surface area (Å²) < 4.78 is 46.8. The van der Waals surface area contributed by atoms with E-state index in [1.54, 1.807) is 31.2 Å². The van der Waals surface area contributed by atoms with Gasteiger partial charge in [0.25, 0.3) is 5.56 Å². The number of rotatable bonds is 11. The molecular formula is C24H21F3N2O6. The molecule has 2 aromatic carbocycles. The van der Waals surface area contributed by atoms with Crippen molar-refractivity contribution in [2.24, 2.45) is 5.92 Å². The molecule has 1 heterocycles. The number of aliphatic carboxylic acids is 1. The van der Waals surface area contributed by atoms with E-state index in [9.17, 15) is 37.5 Å². The van der Waals surface area contributed by atoms with Crippen LogP contribution in [0.15, 0.2) is 47.5 Å². The van der Waals surface area contributed by atoms with Gasteiger partial charge in [0.2, 0.25) is 5.82 Å². The highest BCUT2D eigenvalue weighted by molar-refractivity contribution is 5.92. The van der Waals surface area contributed by atoms with Crippen LogP contribution < -0.4 is 10.3 Å². The fourth-order valence-electron chi connectivity index (χ4n) is 3.68. The molecule has 0 bridgehead atoms. The molecular weight excluding hydrogens is 469 g/mol. The number of hydrogen-bond acceptors (Lipinski definition) is 6. The molecule has 184 valence electrons. The topological polar surface area (TPSA) is 116 Å². The van der Waals surface area contributed by atoms with Crippen molar-refractivity contribution in [1.82, 2.24) is 9.55 Å². The Morgan fingerprint density at radius 1 is 1.03 bits per heavy atom. The average molecular weight is 490 g/mol. The number of carboxylic acid groups (broad SMARTS) is 1. The summed E-state index contributed by atoms with van der Waals surface area (Å²) in [6, 6.07) is 6.66. The molecule has 0 spiro atoms. The van der Waals surface area contributed by atoms with Crippen LogP contribution >= 0.6 is 0 Å². The van der Waals surface area contributed by atoms with Gasteiger partial charge >= 0.3 is 5.97 Å².